The summed E-state index contributed by atoms with van der Waals surface area (Å²) in [5, 5.41) is 3.36. The predicted octanol–water partition coefficient (Wildman–Crippen LogP) is 2.79. The van der Waals surface area contributed by atoms with Crippen molar-refractivity contribution in [2.24, 2.45) is 0 Å². The van der Waals surface area contributed by atoms with Crippen molar-refractivity contribution in [2.75, 3.05) is 11.4 Å². The second-order valence-electron chi connectivity index (χ2n) is 5.04. The maximum Gasteiger partial charge on any atom is 0.223 e. The van der Waals surface area contributed by atoms with Gasteiger partial charge in [0, 0.05) is 49.5 Å². The summed E-state index contributed by atoms with van der Waals surface area (Å²) in [5.41, 5.74) is 1.61. The number of anilines is 1. The number of nitrogens with one attached hydrogen (secondary N) is 1. The van der Waals surface area contributed by atoms with Crippen molar-refractivity contribution >= 4 is 29.1 Å². The first-order valence-electron chi connectivity index (χ1n) is 7.25. The Kier molecular flexibility index (Phi) is 6.11. The van der Waals surface area contributed by atoms with Crippen molar-refractivity contribution in [1.82, 2.24) is 10.3 Å². The maximum absolute atomic E-state index is 11.9. The average Bonchev–Trinajstić information content (AvgIpc) is 2.54. The number of benzene rings is 1. The zero-order valence-electron chi connectivity index (χ0n) is 12.8. The average molecular weight is 332 g/mol. The largest absolute Gasteiger partial charge is 0.352 e. The number of rotatable bonds is 6. The number of nitrogens with zero attached hydrogens (tertiary/aromatic N) is 2. The van der Waals surface area contributed by atoms with Crippen molar-refractivity contribution in [3.05, 3.63) is 59.4 Å². The van der Waals surface area contributed by atoms with Crippen molar-refractivity contribution in [3.63, 3.8) is 0 Å². The highest BCUT2D eigenvalue weighted by Gasteiger charge is 2.13. The lowest BCUT2D eigenvalue weighted by Crippen LogP contribution is -2.33. The van der Waals surface area contributed by atoms with Crippen molar-refractivity contribution in [2.45, 2.75) is 19.9 Å². The highest BCUT2D eigenvalue weighted by atomic mass is 35.5. The summed E-state index contributed by atoms with van der Waals surface area (Å²) >= 11 is 5.95. The fourth-order valence-corrected chi connectivity index (χ4v) is 2.30. The van der Waals surface area contributed by atoms with Crippen LogP contribution in [-0.4, -0.2) is 23.3 Å². The molecule has 2 rings (SSSR count). The minimum atomic E-state index is -0.132. The highest BCUT2D eigenvalue weighted by molar-refractivity contribution is 6.30. The summed E-state index contributed by atoms with van der Waals surface area (Å²) in [5.74, 6) is -0.255. The number of carbonyl (C=O) groups excluding carboxylic acids is 2. The number of hydrogen-bond donors (Lipinski definition) is 1. The van der Waals surface area contributed by atoms with Gasteiger partial charge in [0.15, 0.2) is 0 Å². The number of amides is 2. The van der Waals surface area contributed by atoms with Crippen LogP contribution >= 0.6 is 11.6 Å². The molecule has 2 amide bonds. The van der Waals surface area contributed by atoms with E-state index in [9.17, 15) is 9.59 Å². The molecule has 0 aliphatic carbocycles. The Hall–Kier alpha value is -2.40. The van der Waals surface area contributed by atoms with Gasteiger partial charge in [0.05, 0.1) is 0 Å². The normalized spacial score (nSPS) is 10.2. The molecule has 1 aromatic heterocycles. The van der Waals surface area contributed by atoms with E-state index < -0.39 is 0 Å². The Labute approximate surface area is 140 Å². The Morgan fingerprint density at radius 3 is 2.74 bits per heavy atom. The molecule has 0 spiro atoms. The highest BCUT2D eigenvalue weighted by Crippen LogP contribution is 2.19. The minimum absolute atomic E-state index is 0.123. The third kappa shape index (κ3) is 5.38. The van der Waals surface area contributed by atoms with Gasteiger partial charge in [-0.3, -0.25) is 14.6 Å². The van der Waals surface area contributed by atoms with Gasteiger partial charge in [0.25, 0.3) is 0 Å². The fourth-order valence-electron chi connectivity index (χ4n) is 2.12. The smallest absolute Gasteiger partial charge is 0.223 e. The number of aromatic nitrogens is 1. The van der Waals surface area contributed by atoms with Crippen LogP contribution in [0, 0.1) is 0 Å². The molecule has 0 bridgehead atoms. The van der Waals surface area contributed by atoms with Crippen molar-refractivity contribution < 1.29 is 9.59 Å². The van der Waals surface area contributed by atoms with E-state index in [-0.39, 0.29) is 18.2 Å². The summed E-state index contributed by atoms with van der Waals surface area (Å²) in [6, 6.07) is 10.7. The van der Waals surface area contributed by atoms with Crippen LogP contribution in [0.15, 0.2) is 48.8 Å². The minimum Gasteiger partial charge on any atom is -0.352 e. The Morgan fingerprint density at radius 2 is 2.09 bits per heavy atom. The second kappa shape index (κ2) is 8.29. The van der Waals surface area contributed by atoms with Crippen LogP contribution in [0.25, 0.3) is 0 Å². The van der Waals surface area contributed by atoms with Crippen LogP contribution in [0.4, 0.5) is 5.69 Å². The molecule has 6 heteroatoms. The van der Waals surface area contributed by atoms with Gasteiger partial charge in [0.1, 0.15) is 0 Å². The van der Waals surface area contributed by atoms with Gasteiger partial charge in [-0.1, -0.05) is 23.7 Å². The molecule has 0 aliphatic rings. The van der Waals surface area contributed by atoms with E-state index in [0.717, 1.165) is 5.56 Å². The molecule has 1 aromatic carbocycles. The van der Waals surface area contributed by atoms with Gasteiger partial charge >= 0.3 is 0 Å². The zero-order chi connectivity index (χ0) is 16.7. The van der Waals surface area contributed by atoms with Gasteiger partial charge in [-0.25, -0.2) is 0 Å². The third-order valence-corrected chi connectivity index (χ3v) is 3.51. The quantitative estimate of drug-likeness (QED) is 0.885. The predicted molar refractivity (Wildman–Crippen MR) is 90.2 cm³/mol. The van der Waals surface area contributed by atoms with Gasteiger partial charge in [-0.05, 0) is 29.8 Å². The molecule has 0 fully saturated rings. The lowest BCUT2D eigenvalue weighted by atomic mass is 10.2. The van der Waals surface area contributed by atoms with Gasteiger partial charge in [0.2, 0.25) is 11.8 Å². The van der Waals surface area contributed by atoms with Gasteiger partial charge in [-0.2, -0.15) is 0 Å². The molecular formula is C17H18ClN3O2. The second-order valence-corrected chi connectivity index (χ2v) is 5.47. The Morgan fingerprint density at radius 1 is 1.26 bits per heavy atom. The van der Waals surface area contributed by atoms with Crippen LogP contribution in [0.5, 0.6) is 0 Å². The molecule has 0 radical (unpaired) electrons. The summed E-state index contributed by atoms with van der Waals surface area (Å²) in [4.78, 5) is 29.3. The van der Waals surface area contributed by atoms with Crippen LogP contribution in [0.3, 0.4) is 0 Å². The van der Waals surface area contributed by atoms with E-state index in [1.54, 1.807) is 36.7 Å². The molecule has 23 heavy (non-hydrogen) atoms. The molecule has 1 heterocycles. The number of halogens is 1. The monoisotopic (exact) mass is 331 g/mol. The van der Waals surface area contributed by atoms with Crippen LogP contribution in [-0.2, 0) is 16.1 Å². The first-order valence-corrected chi connectivity index (χ1v) is 7.63. The molecule has 5 nitrogen and oxygen atoms in total. The maximum atomic E-state index is 11.9. The summed E-state index contributed by atoms with van der Waals surface area (Å²) < 4.78 is 0. The van der Waals surface area contributed by atoms with E-state index >= 15 is 0 Å². The molecule has 0 atom stereocenters. The van der Waals surface area contributed by atoms with Gasteiger partial charge < -0.3 is 10.2 Å². The van der Waals surface area contributed by atoms with Crippen LogP contribution < -0.4 is 10.2 Å². The first kappa shape index (κ1) is 17.0. The summed E-state index contributed by atoms with van der Waals surface area (Å²) in [7, 11) is 0. The standard InChI is InChI=1S/C17H18ClN3O2/c1-13(22)21(16-6-2-5-15(18)10-16)9-7-17(23)20-12-14-4-3-8-19-11-14/h2-6,8,10-11H,7,9,12H2,1H3,(H,20,23). The lowest BCUT2D eigenvalue weighted by molar-refractivity contribution is -0.121. The zero-order valence-corrected chi connectivity index (χ0v) is 13.6. The molecule has 0 aliphatic heterocycles. The van der Waals surface area contributed by atoms with Crippen molar-refractivity contribution in [3.8, 4) is 0 Å². The Bertz CT molecular complexity index is 677. The number of hydrogen-bond acceptors (Lipinski definition) is 3. The molecule has 120 valence electrons. The molecule has 0 unspecified atom stereocenters. The van der Waals surface area contributed by atoms with E-state index in [0.29, 0.717) is 23.8 Å². The lowest BCUT2D eigenvalue weighted by Gasteiger charge is -2.21. The number of carbonyl (C=O) groups is 2. The molecular weight excluding hydrogens is 314 g/mol. The van der Waals surface area contributed by atoms with Crippen LogP contribution in [0.1, 0.15) is 18.9 Å². The SMILES string of the molecule is CC(=O)N(CCC(=O)NCc1cccnc1)c1cccc(Cl)c1. The summed E-state index contributed by atoms with van der Waals surface area (Å²) in [6.45, 7) is 2.19. The van der Waals surface area contributed by atoms with E-state index in [1.807, 2.05) is 12.1 Å². The van der Waals surface area contributed by atoms with E-state index in [1.165, 1.54) is 11.8 Å². The van der Waals surface area contributed by atoms with Gasteiger partial charge in [-0.15, -0.1) is 0 Å². The van der Waals surface area contributed by atoms with E-state index in [4.69, 9.17) is 11.6 Å². The first-order chi connectivity index (χ1) is 11.1. The molecule has 2 aromatic rings. The summed E-state index contributed by atoms with van der Waals surface area (Å²) in [6.07, 6.45) is 3.60. The third-order valence-electron chi connectivity index (χ3n) is 3.27. The topological polar surface area (TPSA) is 62.3 Å². The number of pyridine rings is 1. The molecule has 0 saturated heterocycles. The van der Waals surface area contributed by atoms with Crippen molar-refractivity contribution in [1.29, 1.82) is 0 Å². The Balaban J connectivity index is 1.89. The molecule has 0 saturated carbocycles. The van der Waals surface area contributed by atoms with E-state index in [2.05, 4.69) is 10.3 Å². The van der Waals surface area contributed by atoms with Crippen LogP contribution in [0.2, 0.25) is 5.02 Å². The molecule has 1 N–H and O–H groups in total. The fraction of sp³-hybridized carbons (Fsp3) is 0.235.